The molecular formula is C11H13N7O2. The van der Waals surface area contributed by atoms with E-state index in [0.29, 0.717) is 5.75 Å². The van der Waals surface area contributed by atoms with Gasteiger partial charge in [0.2, 0.25) is 0 Å². The van der Waals surface area contributed by atoms with Crippen molar-refractivity contribution in [1.29, 1.82) is 0 Å². The molecule has 0 aliphatic carbocycles. The van der Waals surface area contributed by atoms with Gasteiger partial charge in [-0.15, -0.1) is 5.10 Å². The third-order valence-electron chi connectivity index (χ3n) is 2.29. The highest BCUT2D eigenvalue weighted by Crippen LogP contribution is 2.14. The Morgan fingerprint density at radius 3 is 3.05 bits per heavy atom. The predicted octanol–water partition coefficient (Wildman–Crippen LogP) is -0.586. The third-order valence-corrected chi connectivity index (χ3v) is 2.29. The first-order valence-corrected chi connectivity index (χ1v) is 5.67. The third kappa shape index (κ3) is 3.51. The number of amides is 1. The summed E-state index contributed by atoms with van der Waals surface area (Å²) in [5.74, 6) is 0.278. The fraction of sp³-hybridized carbons (Fsp3) is 0.182. The fourth-order valence-electron chi connectivity index (χ4n) is 1.43. The number of aromatic nitrogens is 4. The van der Waals surface area contributed by atoms with Crippen LogP contribution >= 0.6 is 0 Å². The first-order chi connectivity index (χ1) is 9.69. The van der Waals surface area contributed by atoms with Gasteiger partial charge in [0.05, 0.1) is 13.3 Å². The zero-order valence-electron chi connectivity index (χ0n) is 10.7. The van der Waals surface area contributed by atoms with Crippen LogP contribution in [0.15, 0.2) is 29.4 Å². The van der Waals surface area contributed by atoms with Gasteiger partial charge < -0.3 is 10.5 Å². The average molecular weight is 275 g/mol. The van der Waals surface area contributed by atoms with Crippen molar-refractivity contribution in [2.24, 2.45) is 5.10 Å². The van der Waals surface area contributed by atoms with E-state index in [9.17, 15) is 4.79 Å². The van der Waals surface area contributed by atoms with Gasteiger partial charge in [0, 0.05) is 5.56 Å². The van der Waals surface area contributed by atoms with Gasteiger partial charge in [-0.1, -0.05) is 17.2 Å². The Labute approximate surface area is 114 Å². The molecule has 0 saturated carbocycles. The van der Waals surface area contributed by atoms with Gasteiger partial charge in [-0.3, -0.25) is 4.79 Å². The maximum absolute atomic E-state index is 11.5. The van der Waals surface area contributed by atoms with Gasteiger partial charge >= 0.3 is 0 Å². The summed E-state index contributed by atoms with van der Waals surface area (Å²) in [6.45, 7) is -0.118. The van der Waals surface area contributed by atoms with Crippen molar-refractivity contribution in [3.05, 3.63) is 29.8 Å². The van der Waals surface area contributed by atoms with Gasteiger partial charge in [-0.05, 0) is 17.3 Å². The van der Waals surface area contributed by atoms with Crippen molar-refractivity contribution in [2.45, 2.75) is 6.54 Å². The van der Waals surface area contributed by atoms with E-state index in [1.54, 1.807) is 13.2 Å². The molecule has 104 valence electrons. The molecule has 0 spiro atoms. The lowest BCUT2D eigenvalue weighted by Crippen LogP contribution is -2.24. The number of benzene rings is 1. The number of hydrogen-bond donors (Lipinski definition) is 2. The van der Waals surface area contributed by atoms with E-state index in [2.05, 4.69) is 25.9 Å². The molecule has 1 aromatic carbocycles. The quantitative estimate of drug-likeness (QED) is 0.556. The summed E-state index contributed by atoms with van der Waals surface area (Å²) in [6.07, 6.45) is 1.49. The summed E-state index contributed by atoms with van der Waals surface area (Å²) in [6, 6.07) is 7.29. The molecule has 20 heavy (non-hydrogen) atoms. The molecule has 2 aromatic rings. The minimum Gasteiger partial charge on any atom is -0.496 e. The van der Waals surface area contributed by atoms with E-state index in [1.165, 1.54) is 6.21 Å². The van der Waals surface area contributed by atoms with E-state index >= 15 is 0 Å². The van der Waals surface area contributed by atoms with Crippen molar-refractivity contribution in [3.63, 3.8) is 0 Å². The monoisotopic (exact) mass is 275 g/mol. The smallest absolute Gasteiger partial charge is 0.263 e. The standard InChI is InChI=1S/C11H13N7O2/c1-20-9-5-3-2-4-8(9)6-13-14-10(19)7-18-16-11(12)15-17-18/h2-6H,7H2,1H3,(H2,12,16)(H,14,19)/b13-6-. The number of methoxy groups -OCH3 is 1. The van der Waals surface area contributed by atoms with E-state index < -0.39 is 5.91 Å². The molecule has 9 heteroatoms. The highest BCUT2D eigenvalue weighted by atomic mass is 16.5. The molecule has 1 heterocycles. The minimum absolute atomic E-state index is 0.00956. The first-order valence-electron chi connectivity index (χ1n) is 5.67. The molecule has 0 unspecified atom stereocenters. The highest BCUT2D eigenvalue weighted by Gasteiger charge is 2.04. The topological polar surface area (TPSA) is 120 Å². The number of nitrogen functional groups attached to an aromatic ring is 1. The second kappa shape index (κ2) is 6.27. The average Bonchev–Trinajstić information content (AvgIpc) is 2.84. The van der Waals surface area contributed by atoms with Crippen LogP contribution in [0.1, 0.15) is 5.56 Å². The number of hydrazone groups is 1. The molecule has 0 bridgehead atoms. The molecular weight excluding hydrogens is 262 g/mol. The summed E-state index contributed by atoms with van der Waals surface area (Å²) in [4.78, 5) is 12.6. The maximum atomic E-state index is 11.5. The minimum atomic E-state index is -0.395. The Bertz CT molecular complexity index is 623. The fourth-order valence-corrected chi connectivity index (χ4v) is 1.43. The Balaban J connectivity index is 1.91. The number of nitrogens with one attached hydrogen (secondary N) is 1. The largest absolute Gasteiger partial charge is 0.496 e. The summed E-state index contributed by atoms with van der Waals surface area (Å²) in [7, 11) is 1.56. The van der Waals surface area contributed by atoms with E-state index in [1.807, 2.05) is 18.2 Å². The van der Waals surface area contributed by atoms with Crippen LogP contribution in [0.25, 0.3) is 0 Å². The molecule has 2 rings (SSSR count). The molecule has 1 amide bonds. The molecule has 0 saturated heterocycles. The molecule has 0 atom stereocenters. The van der Waals surface area contributed by atoms with E-state index in [4.69, 9.17) is 10.5 Å². The van der Waals surface area contributed by atoms with Gasteiger partial charge in [0.1, 0.15) is 12.3 Å². The molecule has 1 aromatic heterocycles. The summed E-state index contributed by atoms with van der Waals surface area (Å²) in [5, 5.41) is 14.5. The Hall–Kier alpha value is -2.97. The number of ether oxygens (including phenoxy) is 1. The number of para-hydroxylation sites is 1. The lowest BCUT2D eigenvalue weighted by Gasteiger charge is -2.03. The van der Waals surface area contributed by atoms with Crippen LogP contribution in [0.3, 0.4) is 0 Å². The van der Waals surface area contributed by atoms with Gasteiger partial charge in [-0.25, -0.2) is 5.43 Å². The van der Waals surface area contributed by atoms with Gasteiger partial charge in [-0.2, -0.15) is 9.90 Å². The Morgan fingerprint density at radius 2 is 2.35 bits per heavy atom. The SMILES string of the molecule is COc1ccccc1/C=N\NC(=O)Cn1nnc(N)n1. The van der Waals surface area contributed by atoms with Crippen LogP contribution in [0.5, 0.6) is 5.75 Å². The number of carbonyl (C=O) groups is 1. The van der Waals surface area contributed by atoms with Crippen LogP contribution in [0.2, 0.25) is 0 Å². The summed E-state index contributed by atoms with van der Waals surface area (Å²) in [5.41, 5.74) is 8.38. The summed E-state index contributed by atoms with van der Waals surface area (Å²) >= 11 is 0. The summed E-state index contributed by atoms with van der Waals surface area (Å²) < 4.78 is 5.15. The molecule has 0 fully saturated rings. The van der Waals surface area contributed by atoms with Gasteiger partial charge in [0.25, 0.3) is 11.9 Å². The molecule has 9 nitrogen and oxygen atoms in total. The number of carbonyl (C=O) groups excluding carboxylic acids is 1. The molecule has 0 aliphatic heterocycles. The van der Waals surface area contributed by atoms with Crippen molar-refractivity contribution >= 4 is 18.1 Å². The van der Waals surface area contributed by atoms with Gasteiger partial charge in [0.15, 0.2) is 0 Å². The second-order valence-electron chi connectivity index (χ2n) is 3.71. The number of nitrogens with zero attached hydrogens (tertiary/aromatic N) is 5. The lowest BCUT2D eigenvalue weighted by molar-refractivity contribution is -0.122. The Kier molecular flexibility index (Phi) is 4.22. The zero-order valence-corrected chi connectivity index (χ0v) is 10.7. The molecule has 0 radical (unpaired) electrons. The van der Waals surface area contributed by atoms with Crippen LogP contribution < -0.4 is 15.9 Å². The number of hydrogen-bond acceptors (Lipinski definition) is 7. The van der Waals surface area contributed by atoms with Crippen LogP contribution in [-0.2, 0) is 11.3 Å². The number of nitrogens with two attached hydrogens (primary N) is 1. The van der Waals surface area contributed by atoms with Crippen molar-refractivity contribution in [3.8, 4) is 5.75 Å². The Morgan fingerprint density at radius 1 is 1.55 bits per heavy atom. The van der Waals surface area contributed by atoms with E-state index in [0.717, 1.165) is 10.4 Å². The molecule has 0 aliphatic rings. The lowest BCUT2D eigenvalue weighted by atomic mass is 10.2. The first kappa shape index (κ1) is 13.5. The molecule has 3 N–H and O–H groups in total. The van der Waals surface area contributed by atoms with Crippen molar-refractivity contribution < 1.29 is 9.53 Å². The number of rotatable bonds is 5. The van der Waals surface area contributed by atoms with Crippen molar-refractivity contribution in [1.82, 2.24) is 25.6 Å². The van der Waals surface area contributed by atoms with Crippen LogP contribution in [0, 0.1) is 0 Å². The highest BCUT2D eigenvalue weighted by molar-refractivity contribution is 5.85. The number of tetrazole rings is 1. The van der Waals surface area contributed by atoms with Crippen LogP contribution in [-0.4, -0.2) is 39.4 Å². The van der Waals surface area contributed by atoms with Crippen LogP contribution in [0.4, 0.5) is 5.95 Å². The normalized spacial score (nSPS) is 10.7. The zero-order chi connectivity index (χ0) is 14.4. The predicted molar refractivity (Wildman–Crippen MR) is 71.0 cm³/mol. The maximum Gasteiger partial charge on any atom is 0.263 e. The number of anilines is 1. The second-order valence-corrected chi connectivity index (χ2v) is 3.71. The van der Waals surface area contributed by atoms with E-state index in [-0.39, 0.29) is 12.5 Å². The van der Waals surface area contributed by atoms with Crippen molar-refractivity contribution in [2.75, 3.05) is 12.8 Å².